The van der Waals surface area contributed by atoms with Crippen LogP contribution >= 0.6 is 0 Å². The van der Waals surface area contributed by atoms with Crippen LogP contribution in [0.2, 0.25) is 0 Å². The van der Waals surface area contributed by atoms with Crippen LogP contribution < -0.4 is 5.73 Å². The van der Waals surface area contributed by atoms with Gasteiger partial charge in [-0.1, -0.05) is 12.1 Å². The average Bonchev–Trinajstić information content (AvgIpc) is 2.42. The number of nitrogens with zero attached hydrogens (tertiary/aromatic N) is 1. The molecule has 0 aliphatic carbocycles. The molecular weight excluding hydrogens is 176 g/mol. The number of phenols is 1. The molecule has 3 nitrogen and oxygen atoms in total. The highest BCUT2D eigenvalue weighted by Crippen LogP contribution is 2.31. The van der Waals surface area contributed by atoms with Gasteiger partial charge in [-0.2, -0.15) is 0 Å². The van der Waals surface area contributed by atoms with Crippen molar-refractivity contribution in [3.05, 3.63) is 24.3 Å². The van der Waals surface area contributed by atoms with E-state index in [0.717, 1.165) is 10.9 Å². The predicted octanol–water partition coefficient (Wildman–Crippen LogP) is 2.51. The molecule has 1 aromatic carbocycles. The summed E-state index contributed by atoms with van der Waals surface area (Å²) in [6.07, 6.45) is 0. The van der Waals surface area contributed by atoms with E-state index in [9.17, 15) is 5.11 Å². The van der Waals surface area contributed by atoms with Crippen LogP contribution in [-0.2, 0) is 0 Å². The summed E-state index contributed by atoms with van der Waals surface area (Å²) in [5.41, 5.74) is 6.69. The number of aromatic hydroxyl groups is 1. The van der Waals surface area contributed by atoms with E-state index in [1.165, 1.54) is 0 Å². The Hall–Kier alpha value is -1.64. The Bertz CT molecular complexity index is 471. The summed E-state index contributed by atoms with van der Waals surface area (Å²) in [4.78, 5) is 0. The molecule has 0 bridgehead atoms. The SMILES string of the molecule is CC(C)n1c(N)cc2cccc(O)c21. The molecule has 0 radical (unpaired) electrons. The molecule has 2 rings (SSSR count). The van der Waals surface area contributed by atoms with Crippen molar-refractivity contribution < 1.29 is 5.11 Å². The number of anilines is 1. The molecule has 0 saturated carbocycles. The summed E-state index contributed by atoms with van der Waals surface area (Å²) in [6.45, 7) is 4.09. The molecule has 3 heteroatoms. The van der Waals surface area contributed by atoms with Crippen LogP contribution in [0.1, 0.15) is 19.9 Å². The van der Waals surface area contributed by atoms with Gasteiger partial charge < -0.3 is 15.4 Å². The van der Waals surface area contributed by atoms with E-state index in [1.807, 2.05) is 36.6 Å². The van der Waals surface area contributed by atoms with Crippen molar-refractivity contribution in [1.82, 2.24) is 4.57 Å². The maximum atomic E-state index is 9.74. The second kappa shape index (κ2) is 2.94. The van der Waals surface area contributed by atoms with Crippen LogP contribution in [-0.4, -0.2) is 9.67 Å². The predicted molar refractivity (Wildman–Crippen MR) is 58.4 cm³/mol. The minimum absolute atomic E-state index is 0.251. The van der Waals surface area contributed by atoms with E-state index in [2.05, 4.69) is 0 Å². The van der Waals surface area contributed by atoms with E-state index in [4.69, 9.17) is 5.73 Å². The zero-order valence-corrected chi connectivity index (χ0v) is 8.36. The Morgan fingerprint density at radius 3 is 2.71 bits per heavy atom. The molecule has 3 N–H and O–H groups in total. The van der Waals surface area contributed by atoms with Gasteiger partial charge >= 0.3 is 0 Å². The van der Waals surface area contributed by atoms with Crippen molar-refractivity contribution in [2.75, 3.05) is 5.73 Å². The molecule has 1 aromatic heterocycles. The van der Waals surface area contributed by atoms with Crippen molar-refractivity contribution in [1.29, 1.82) is 0 Å². The van der Waals surface area contributed by atoms with Gasteiger partial charge in [0.15, 0.2) is 0 Å². The lowest BCUT2D eigenvalue weighted by molar-refractivity contribution is 0.475. The highest BCUT2D eigenvalue weighted by atomic mass is 16.3. The highest BCUT2D eigenvalue weighted by molar-refractivity contribution is 5.89. The molecule has 0 spiro atoms. The van der Waals surface area contributed by atoms with Gasteiger partial charge in [-0.05, 0) is 26.0 Å². The molecule has 14 heavy (non-hydrogen) atoms. The molecule has 0 atom stereocenters. The molecule has 0 aliphatic rings. The lowest BCUT2D eigenvalue weighted by atomic mass is 10.2. The quantitative estimate of drug-likeness (QED) is 0.726. The topological polar surface area (TPSA) is 51.2 Å². The van der Waals surface area contributed by atoms with Crippen LogP contribution in [0.4, 0.5) is 5.82 Å². The highest BCUT2D eigenvalue weighted by Gasteiger charge is 2.11. The van der Waals surface area contributed by atoms with Gasteiger partial charge in [0.25, 0.3) is 0 Å². The first-order chi connectivity index (χ1) is 6.61. The lowest BCUT2D eigenvalue weighted by Crippen LogP contribution is -2.04. The summed E-state index contributed by atoms with van der Waals surface area (Å²) < 4.78 is 1.94. The minimum Gasteiger partial charge on any atom is -0.506 e. The number of hydrogen-bond donors (Lipinski definition) is 2. The third-order valence-electron chi connectivity index (χ3n) is 2.38. The number of aromatic nitrogens is 1. The van der Waals surface area contributed by atoms with Gasteiger partial charge in [-0.25, -0.2) is 0 Å². The second-order valence-corrected chi connectivity index (χ2v) is 3.75. The summed E-state index contributed by atoms with van der Waals surface area (Å²) in [7, 11) is 0. The number of rotatable bonds is 1. The Balaban J connectivity index is 2.86. The van der Waals surface area contributed by atoms with Crippen LogP contribution in [0.5, 0.6) is 5.75 Å². The standard InChI is InChI=1S/C11H14N2O/c1-7(2)13-10(12)6-8-4-3-5-9(14)11(8)13/h3-7,14H,12H2,1-2H3. The maximum Gasteiger partial charge on any atom is 0.139 e. The van der Waals surface area contributed by atoms with Crippen molar-refractivity contribution >= 4 is 16.7 Å². The molecule has 0 saturated heterocycles. The Labute approximate surface area is 82.8 Å². The van der Waals surface area contributed by atoms with Crippen LogP contribution in [0.15, 0.2) is 24.3 Å². The van der Waals surface area contributed by atoms with Gasteiger partial charge in [-0.15, -0.1) is 0 Å². The first-order valence-electron chi connectivity index (χ1n) is 4.69. The first-order valence-corrected chi connectivity index (χ1v) is 4.69. The number of para-hydroxylation sites is 1. The fourth-order valence-electron chi connectivity index (χ4n) is 1.84. The summed E-state index contributed by atoms with van der Waals surface area (Å²) in [6, 6.07) is 7.59. The Morgan fingerprint density at radius 1 is 1.36 bits per heavy atom. The Morgan fingerprint density at radius 2 is 2.07 bits per heavy atom. The fraction of sp³-hybridized carbons (Fsp3) is 0.273. The number of hydrogen-bond acceptors (Lipinski definition) is 2. The largest absolute Gasteiger partial charge is 0.506 e. The van der Waals surface area contributed by atoms with E-state index < -0.39 is 0 Å². The van der Waals surface area contributed by atoms with Gasteiger partial charge in [0.1, 0.15) is 11.6 Å². The lowest BCUT2D eigenvalue weighted by Gasteiger charge is -2.12. The van der Waals surface area contributed by atoms with E-state index in [0.29, 0.717) is 5.82 Å². The minimum atomic E-state index is 0.251. The summed E-state index contributed by atoms with van der Waals surface area (Å²) in [5, 5.41) is 10.7. The molecule has 1 heterocycles. The van der Waals surface area contributed by atoms with Gasteiger partial charge in [0, 0.05) is 11.4 Å². The van der Waals surface area contributed by atoms with Crippen LogP contribution in [0.25, 0.3) is 10.9 Å². The second-order valence-electron chi connectivity index (χ2n) is 3.75. The van der Waals surface area contributed by atoms with Gasteiger partial charge in [-0.3, -0.25) is 0 Å². The molecular formula is C11H14N2O. The number of nitrogens with two attached hydrogens (primary N) is 1. The first kappa shape index (κ1) is 8.94. The third-order valence-corrected chi connectivity index (χ3v) is 2.38. The van der Waals surface area contributed by atoms with Crippen molar-refractivity contribution in [2.45, 2.75) is 19.9 Å². The zero-order chi connectivity index (χ0) is 10.3. The zero-order valence-electron chi connectivity index (χ0n) is 8.36. The molecule has 0 fully saturated rings. The maximum absolute atomic E-state index is 9.74. The van der Waals surface area contributed by atoms with Crippen molar-refractivity contribution in [3.8, 4) is 5.75 Å². The normalized spacial score (nSPS) is 11.4. The smallest absolute Gasteiger partial charge is 0.139 e. The van der Waals surface area contributed by atoms with E-state index in [-0.39, 0.29) is 11.8 Å². The number of nitrogen functional groups attached to an aromatic ring is 1. The number of benzene rings is 1. The van der Waals surface area contributed by atoms with Crippen LogP contribution in [0, 0.1) is 0 Å². The number of phenolic OH excluding ortho intramolecular Hbond substituents is 1. The molecule has 0 unspecified atom stereocenters. The third kappa shape index (κ3) is 1.13. The van der Waals surface area contributed by atoms with Gasteiger partial charge in [0.2, 0.25) is 0 Å². The monoisotopic (exact) mass is 190 g/mol. The molecule has 74 valence electrons. The molecule has 2 aromatic rings. The van der Waals surface area contributed by atoms with E-state index in [1.54, 1.807) is 6.07 Å². The number of fused-ring (bicyclic) bond motifs is 1. The molecule has 0 amide bonds. The molecule has 0 aliphatic heterocycles. The Kier molecular flexibility index (Phi) is 1.88. The average molecular weight is 190 g/mol. The van der Waals surface area contributed by atoms with E-state index >= 15 is 0 Å². The van der Waals surface area contributed by atoms with Crippen LogP contribution in [0.3, 0.4) is 0 Å². The summed E-state index contributed by atoms with van der Waals surface area (Å²) in [5.74, 6) is 0.976. The van der Waals surface area contributed by atoms with Gasteiger partial charge in [0.05, 0.1) is 5.52 Å². The van der Waals surface area contributed by atoms with Crippen molar-refractivity contribution in [2.24, 2.45) is 0 Å². The van der Waals surface area contributed by atoms with Crippen molar-refractivity contribution in [3.63, 3.8) is 0 Å². The fourth-order valence-corrected chi connectivity index (χ4v) is 1.84. The summed E-state index contributed by atoms with van der Waals surface area (Å²) >= 11 is 0.